The van der Waals surface area contributed by atoms with E-state index in [0.29, 0.717) is 13.0 Å². The highest BCUT2D eigenvalue weighted by molar-refractivity contribution is 6.06. The Balaban J connectivity index is 1.69. The first kappa shape index (κ1) is 26.6. The molecule has 8 heteroatoms. The molecule has 6 atom stereocenters. The summed E-state index contributed by atoms with van der Waals surface area (Å²) in [6.07, 6.45) is 10.5. The standard InChI is InChI=1S/C30H38N2O6/c1-5-21(18-33)32-25-27(35)31(22-17-19(2)11-12-20(22)3)15-10-14-30(25)23(26(32)34)24-28(36)37-16-9-7-6-8-13-29(24,4)38-30/h8,10-14,17,21,23-25,33H,5-7,9,15-16,18H2,1-4H3/b13-8-/t21-,23-,24-,25?,29+,30-/m0/s1. The third-order valence-electron chi connectivity index (χ3n) is 8.67. The van der Waals surface area contributed by atoms with Crippen LogP contribution in [0.1, 0.15) is 50.7 Å². The highest BCUT2D eigenvalue weighted by atomic mass is 16.6. The number of benzene rings is 1. The molecule has 1 unspecified atom stereocenters. The zero-order chi connectivity index (χ0) is 27.2. The Morgan fingerprint density at radius 1 is 1.08 bits per heavy atom. The molecule has 1 aromatic rings. The van der Waals surface area contributed by atoms with Crippen LogP contribution in [-0.4, -0.2) is 70.8 Å². The number of rotatable bonds is 4. The van der Waals surface area contributed by atoms with Gasteiger partial charge in [-0.05, 0) is 63.6 Å². The van der Waals surface area contributed by atoms with Crippen LogP contribution in [0, 0.1) is 25.7 Å². The second-order valence-electron chi connectivity index (χ2n) is 11.2. The highest BCUT2D eigenvalue weighted by Gasteiger charge is 2.75. The highest BCUT2D eigenvalue weighted by Crippen LogP contribution is 2.57. The lowest BCUT2D eigenvalue weighted by molar-refractivity contribution is -0.160. The fraction of sp³-hybridized carbons (Fsp3) is 0.567. The van der Waals surface area contributed by atoms with Gasteiger partial charge in [-0.15, -0.1) is 0 Å². The summed E-state index contributed by atoms with van der Waals surface area (Å²) in [6.45, 7) is 7.91. The fourth-order valence-corrected chi connectivity index (χ4v) is 6.77. The summed E-state index contributed by atoms with van der Waals surface area (Å²) in [5, 5.41) is 10.3. The molecule has 0 aromatic heterocycles. The first-order chi connectivity index (χ1) is 18.2. The number of esters is 1. The fourth-order valence-electron chi connectivity index (χ4n) is 6.77. The van der Waals surface area contributed by atoms with E-state index in [1.165, 1.54) is 4.90 Å². The van der Waals surface area contributed by atoms with E-state index in [9.17, 15) is 19.5 Å². The van der Waals surface area contributed by atoms with Gasteiger partial charge < -0.3 is 24.4 Å². The number of anilines is 1. The Bertz CT molecular complexity index is 1190. The predicted molar refractivity (Wildman–Crippen MR) is 142 cm³/mol. The van der Waals surface area contributed by atoms with E-state index in [4.69, 9.17) is 9.47 Å². The van der Waals surface area contributed by atoms with Gasteiger partial charge in [-0.2, -0.15) is 0 Å². The van der Waals surface area contributed by atoms with E-state index in [2.05, 4.69) is 0 Å². The lowest BCUT2D eigenvalue weighted by atomic mass is 9.74. The van der Waals surface area contributed by atoms with Gasteiger partial charge in [0.2, 0.25) is 5.91 Å². The Morgan fingerprint density at radius 2 is 1.87 bits per heavy atom. The number of cyclic esters (lactones) is 1. The zero-order valence-corrected chi connectivity index (χ0v) is 22.7. The second kappa shape index (κ2) is 9.97. The van der Waals surface area contributed by atoms with Crippen molar-refractivity contribution in [2.24, 2.45) is 11.8 Å². The minimum Gasteiger partial charge on any atom is -0.465 e. The number of aliphatic hydroxyl groups is 1. The van der Waals surface area contributed by atoms with Crippen molar-refractivity contribution >= 4 is 23.5 Å². The molecule has 1 aromatic carbocycles. The van der Waals surface area contributed by atoms with Crippen molar-refractivity contribution in [1.82, 2.24) is 4.90 Å². The Hall–Kier alpha value is -2.97. The first-order valence-corrected chi connectivity index (χ1v) is 13.7. The summed E-state index contributed by atoms with van der Waals surface area (Å²) in [4.78, 5) is 45.6. The van der Waals surface area contributed by atoms with Crippen molar-refractivity contribution in [3.63, 3.8) is 0 Å². The number of nitrogens with zero attached hydrogens (tertiary/aromatic N) is 2. The molecule has 38 heavy (non-hydrogen) atoms. The van der Waals surface area contributed by atoms with Crippen LogP contribution < -0.4 is 4.90 Å². The van der Waals surface area contributed by atoms with Crippen LogP contribution in [0.5, 0.6) is 0 Å². The second-order valence-corrected chi connectivity index (χ2v) is 11.2. The summed E-state index contributed by atoms with van der Waals surface area (Å²) in [7, 11) is 0. The van der Waals surface area contributed by atoms with Crippen molar-refractivity contribution in [1.29, 1.82) is 0 Å². The maximum Gasteiger partial charge on any atom is 0.313 e. The summed E-state index contributed by atoms with van der Waals surface area (Å²) >= 11 is 0. The monoisotopic (exact) mass is 522 g/mol. The molecule has 8 nitrogen and oxygen atoms in total. The molecule has 1 spiro atoms. The van der Waals surface area contributed by atoms with Crippen molar-refractivity contribution in [2.75, 3.05) is 24.7 Å². The van der Waals surface area contributed by atoms with Crippen LogP contribution in [0.15, 0.2) is 42.5 Å². The average Bonchev–Trinajstić information content (AvgIpc) is 3.22. The van der Waals surface area contributed by atoms with E-state index < -0.39 is 41.1 Å². The SMILES string of the molecule is CC[C@@H](CO)N1C(=O)[C@@H]2[C@H]3C(=O)OCCCC/C=C\[C@@]3(C)O[C@@]23C=CCN(c2cc(C)ccc2C)C(=O)C13. The third kappa shape index (κ3) is 4.00. The van der Waals surface area contributed by atoms with Crippen molar-refractivity contribution < 1.29 is 29.0 Å². The summed E-state index contributed by atoms with van der Waals surface area (Å²) in [5.74, 6) is -2.99. The molecule has 2 fully saturated rings. The molecule has 2 saturated heterocycles. The lowest BCUT2D eigenvalue weighted by Crippen LogP contribution is -2.58. The van der Waals surface area contributed by atoms with Crippen LogP contribution in [0.2, 0.25) is 0 Å². The molecular weight excluding hydrogens is 484 g/mol. The van der Waals surface area contributed by atoms with E-state index in [-0.39, 0.29) is 25.0 Å². The topological polar surface area (TPSA) is 96.4 Å². The predicted octanol–water partition coefficient (Wildman–Crippen LogP) is 3.23. The summed E-state index contributed by atoms with van der Waals surface area (Å²) in [6, 6.07) is 4.32. The number of amides is 2. The number of ether oxygens (including phenoxy) is 2. The summed E-state index contributed by atoms with van der Waals surface area (Å²) < 4.78 is 12.5. The lowest BCUT2D eigenvalue weighted by Gasteiger charge is -2.40. The van der Waals surface area contributed by atoms with Crippen molar-refractivity contribution in [3.05, 3.63) is 53.6 Å². The largest absolute Gasteiger partial charge is 0.465 e. The zero-order valence-electron chi connectivity index (χ0n) is 22.7. The molecule has 1 N–H and O–H groups in total. The Labute approximate surface area is 224 Å². The number of carbonyl (C=O) groups excluding carboxylic acids is 3. The van der Waals surface area contributed by atoms with E-state index in [1.54, 1.807) is 4.90 Å². The van der Waals surface area contributed by atoms with Gasteiger partial charge in [0.1, 0.15) is 17.6 Å². The molecule has 4 aliphatic rings. The number of fused-ring (bicyclic) bond motifs is 2. The quantitative estimate of drug-likeness (QED) is 0.482. The van der Waals surface area contributed by atoms with Crippen LogP contribution in [-0.2, 0) is 23.9 Å². The maximum atomic E-state index is 14.6. The summed E-state index contributed by atoms with van der Waals surface area (Å²) in [5.41, 5.74) is 0.226. The molecule has 0 saturated carbocycles. The number of hydrogen-bond acceptors (Lipinski definition) is 6. The van der Waals surface area contributed by atoms with E-state index >= 15 is 0 Å². The van der Waals surface area contributed by atoms with E-state index in [0.717, 1.165) is 36.1 Å². The van der Waals surface area contributed by atoms with Gasteiger partial charge in [-0.1, -0.05) is 43.4 Å². The average molecular weight is 523 g/mol. The minimum atomic E-state index is -1.37. The number of hydrogen-bond donors (Lipinski definition) is 1. The molecule has 4 heterocycles. The number of likely N-dealkylation sites (tertiary alicyclic amines) is 1. The van der Waals surface area contributed by atoms with Crippen LogP contribution >= 0.6 is 0 Å². The minimum absolute atomic E-state index is 0.281. The van der Waals surface area contributed by atoms with Crippen LogP contribution in [0.3, 0.4) is 0 Å². The van der Waals surface area contributed by atoms with Gasteiger partial charge in [-0.3, -0.25) is 14.4 Å². The van der Waals surface area contributed by atoms with Crippen molar-refractivity contribution in [2.45, 2.75) is 76.7 Å². The van der Waals surface area contributed by atoms with Gasteiger partial charge in [0, 0.05) is 12.2 Å². The van der Waals surface area contributed by atoms with Crippen LogP contribution in [0.4, 0.5) is 5.69 Å². The molecule has 0 bridgehead atoms. The molecule has 5 rings (SSSR count). The maximum absolute atomic E-state index is 14.6. The normalized spacial score (nSPS) is 34.8. The molecule has 4 aliphatic heterocycles. The number of aliphatic hydroxyl groups excluding tert-OH is 1. The molecule has 0 aliphatic carbocycles. The van der Waals surface area contributed by atoms with Gasteiger partial charge in [0.05, 0.1) is 30.8 Å². The van der Waals surface area contributed by atoms with Crippen molar-refractivity contribution in [3.8, 4) is 0 Å². The Morgan fingerprint density at radius 3 is 2.61 bits per heavy atom. The van der Waals surface area contributed by atoms with Crippen LogP contribution in [0.25, 0.3) is 0 Å². The Kier molecular flexibility index (Phi) is 6.99. The van der Waals surface area contributed by atoms with Gasteiger partial charge in [0.25, 0.3) is 5.91 Å². The molecule has 204 valence electrons. The van der Waals surface area contributed by atoms with E-state index in [1.807, 2.05) is 70.2 Å². The number of aryl methyl sites for hydroxylation is 2. The number of allylic oxidation sites excluding steroid dienone is 1. The first-order valence-electron chi connectivity index (χ1n) is 13.7. The van der Waals surface area contributed by atoms with Gasteiger partial charge in [0.15, 0.2) is 0 Å². The van der Waals surface area contributed by atoms with Gasteiger partial charge in [-0.25, -0.2) is 0 Å². The third-order valence-corrected chi connectivity index (χ3v) is 8.67. The molecular formula is C30H38N2O6. The van der Waals surface area contributed by atoms with Gasteiger partial charge >= 0.3 is 5.97 Å². The number of carbonyl (C=O) groups is 3. The smallest absolute Gasteiger partial charge is 0.313 e. The molecule has 2 amide bonds. The molecule has 0 radical (unpaired) electrons.